The summed E-state index contributed by atoms with van der Waals surface area (Å²) in [6.07, 6.45) is 1.62. The van der Waals surface area contributed by atoms with Crippen molar-refractivity contribution >= 4 is 29.2 Å². The molecule has 23 heavy (non-hydrogen) atoms. The van der Waals surface area contributed by atoms with Crippen LogP contribution in [0.5, 0.6) is 0 Å². The Morgan fingerprint density at radius 2 is 2.04 bits per heavy atom. The van der Waals surface area contributed by atoms with Crippen molar-refractivity contribution < 1.29 is 9.59 Å². The first kappa shape index (κ1) is 15.9. The third-order valence-electron chi connectivity index (χ3n) is 4.57. The fourth-order valence-electron chi connectivity index (χ4n) is 3.23. The molecule has 6 nitrogen and oxygen atoms in total. The highest BCUT2D eigenvalue weighted by molar-refractivity contribution is 6.34. The van der Waals surface area contributed by atoms with E-state index in [2.05, 4.69) is 10.6 Å². The van der Waals surface area contributed by atoms with Gasteiger partial charge >= 0.3 is 6.03 Å². The number of nitrogens with one attached hydrogen (secondary N) is 2. The van der Waals surface area contributed by atoms with E-state index < -0.39 is 0 Å². The molecule has 0 aromatic heterocycles. The van der Waals surface area contributed by atoms with Gasteiger partial charge in [0.15, 0.2) is 0 Å². The van der Waals surface area contributed by atoms with Gasteiger partial charge < -0.3 is 20.4 Å². The SMILES string of the molecule is CNc1ccc(Cl)c(C(=O)N2CCC(N3CCNC3=O)CC2)c1. The molecular formula is C16H21ClN4O2. The van der Waals surface area contributed by atoms with Crippen LogP contribution in [0.1, 0.15) is 23.2 Å². The molecule has 2 N–H and O–H groups in total. The average Bonchev–Trinajstić information content (AvgIpc) is 3.01. The van der Waals surface area contributed by atoms with Crippen molar-refractivity contribution in [3.63, 3.8) is 0 Å². The van der Waals surface area contributed by atoms with E-state index in [-0.39, 0.29) is 18.0 Å². The lowest BCUT2D eigenvalue weighted by molar-refractivity contribution is 0.0666. The van der Waals surface area contributed by atoms with Crippen LogP contribution in [-0.4, -0.2) is 61.0 Å². The summed E-state index contributed by atoms with van der Waals surface area (Å²) < 4.78 is 0. The van der Waals surface area contributed by atoms with E-state index in [1.165, 1.54) is 0 Å². The van der Waals surface area contributed by atoms with E-state index in [9.17, 15) is 9.59 Å². The van der Waals surface area contributed by atoms with Crippen LogP contribution in [0.4, 0.5) is 10.5 Å². The standard InChI is InChI=1S/C16H21ClN4O2/c1-18-11-2-3-14(17)13(10-11)15(22)20-7-4-12(5-8-20)21-9-6-19-16(21)23/h2-3,10,12,18H,4-9H2,1H3,(H,19,23). The third-order valence-corrected chi connectivity index (χ3v) is 4.90. The second kappa shape index (κ2) is 6.66. The summed E-state index contributed by atoms with van der Waals surface area (Å²) in [6.45, 7) is 2.76. The number of urea groups is 1. The predicted molar refractivity (Wildman–Crippen MR) is 90.0 cm³/mol. The van der Waals surface area contributed by atoms with Gasteiger partial charge in [0.25, 0.3) is 5.91 Å². The Hall–Kier alpha value is -1.95. The normalized spacial score (nSPS) is 19.0. The molecule has 0 unspecified atom stereocenters. The summed E-state index contributed by atoms with van der Waals surface area (Å²) in [6, 6.07) is 5.60. The van der Waals surface area contributed by atoms with Gasteiger partial charge in [0.2, 0.25) is 0 Å². The smallest absolute Gasteiger partial charge is 0.317 e. The Kier molecular flexibility index (Phi) is 4.61. The predicted octanol–water partition coefficient (Wildman–Crippen LogP) is 2.01. The Morgan fingerprint density at radius 3 is 2.65 bits per heavy atom. The monoisotopic (exact) mass is 336 g/mol. The number of hydrogen-bond donors (Lipinski definition) is 2. The van der Waals surface area contributed by atoms with Gasteiger partial charge in [-0.3, -0.25) is 4.79 Å². The second-order valence-electron chi connectivity index (χ2n) is 5.89. The molecule has 2 aliphatic rings. The van der Waals surface area contributed by atoms with Gasteiger partial charge in [-0.1, -0.05) is 11.6 Å². The topological polar surface area (TPSA) is 64.7 Å². The summed E-state index contributed by atoms with van der Waals surface area (Å²) in [5.41, 5.74) is 1.39. The van der Waals surface area contributed by atoms with Crippen molar-refractivity contribution in [2.45, 2.75) is 18.9 Å². The van der Waals surface area contributed by atoms with Crippen LogP contribution in [0.15, 0.2) is 18.2 Å². The number of anilines is 1. The molecule has 0 radical (unpaired) electrons. The van der Waals surface area contributed by atoms with E-state index in [0.717, 1.165) is 25.1 Å². The molecule has 2 fully saturated rings. The fourth-order valence-corrected chi connectivity index (χ4v) is 3.43. The zero-order valence-corrected chi connectivity index (χ0v) is 13.9. The van der Waals surface area contributed by atoms with E-state index in [1.807, 2.05) is 22.9 Å². The first-order chi connectivity index (χ1) is 11.1. The molecule has 0 bridgehead atoms. The first-order valence-electron chi connectivity index (χ1n) is 7.91. The van der Waals surface area contributed by atoms with E-state index in [1.54, 1.807) is 12.1 Å². The maximum atomic E-state index is 12.7. The molecule has 3 rings (SSSR count). The number of carbonyl (C=O) groups excluding carboxylic acids is 2. The molecule has 2 saturated heterocycles. The third kappa shape index (κ3) is 3.22. The largest absolute Gasteiger partial charge is 0.388 e. The zero-order valence-electron chi connectivity index (χ0n) is 13.1. The van der Waals surface area contributed by atoms with Gasteiger partial charge in [-0.05, 0) is 31.0 Å². The van der Waals surface area contributed by atoms with E-state index >= 15 is 0 Å². The molecule has 7 heteroatoms. The number of benzene rings is 1. The van der Waals surface area contributed by atoms with Crippen LogP contribution < -0.4 is 10.6 Å². The van der Waals surface area contributed by atoms with Gasteiger partial charge in [0, 0.05) is 45.0 Å². The van der Waals surface area contributed by atoms with Crippen LogP contribution in [-0.2, 0) is 0 Å². The van der Waals surface area contributed by atoms with Gasteiger partial charge in [0.1, 0.15) is 0 Å². The maximum Gasteiger partial charge on any atom is 0.317 e. The first-order valence-corrected chi connectivity index (χ1v) is 8.29. The minimum absolute atomic E-state index is 0.0135. The van der Waals surface area contributed by atoms with Crippen molar-refractivity contribution in [1.82, 2.24) is 15.1 Å². The van der Waals surface area contributed by atoms with Crippen molar-refractivity contribution in [2.75, 3.05) is 38.5 Å². The van der Waals surface area contributed by atoms with Crippen molar-refractivity contribution in [3.8, 4) is 0 Å². The second-order valence-corrected chi connectivity index (χ2v) is 6.30. The van der Waals surface area contributed by atoms with Crippen LogP contribution in [0.3, 0.4) is 0 Å². The van der Waals surface area contributed by atoms with Crippen molar-refractivity contribution in [1.29, 1.82) is 0 Å². The summed E-state index contributed by atoms with van der Waals surface area (Å²) in [5.74, 6) is -0.0450. The lowest BCUT2D eigenvalue weighted by Crippen LogP contribution is -2.47. The maximum absolute atomic E-state index is 12.7. The molecule has 1 aromatic rings. The molecular weight excluding hydrogens is 316 g/mol. The summed E-state index contributed by atoms with van der Waals surface area (Å²) in [7, 11) is 1.81. The van der Waals surface area contributed by atoms with Crippen LogP contribution >= 0.6 is 11.6 Å². The quantitative estimate of drug-likeness (QED) is 0.887. The molecule has 2 aliphatic heterocycles. The number of amides is 3. The fraction of sp³-hybridized carbons (Fsp3) is 0.500. The molecule has 2 heterocycles. The number of carbonyl (C=O) groups is 2. The molecule has 3 amide bonds. The highest BCUT2D eigenvalue weighted by Crippen LogP contribution is 2.25. The molecule has 1 aromatic carbocycles. The number of piperidine rings is 1. The number of likely N-dealkylation sites (tertiary alicyclic amines) is 1. The zero-order chi connectivity index (χ0) is 16.4. The minimum Gasteiger partial charge on any atom is -0.388 e. The Morgan fingerprint density at radius 1 is 1.30 bits per heavy atom. The van der Waals surface area contributed by atoms with Crippen molar-refractivity contribution in [3.05, 3.63) is 28.8 Å². The summed E-state index contributed by atoms with van der Waals surface area (Å²) in [4.78, 5) is 28.1. The lowest BCUT2D eigenvalue weighted by atomic mass is 10.0. The molecule has 0 atom stereocenters. The molecule has 124 valence electrons. The van der Waals surface area contributed by atoms with Crippen LogP contribution in [0, 0.1) is 0 Å². The molecule has 0 saturated carbocycles. The Bertz CT molecular complexity index is 614. The number of halogens is 1. The minimum atomic E-state index is -0.0450. The van der Waals surface area contributed by atoms with Gasteiger partial charge in [0.05, 0.1) is 10.6 Å². The molecule has 0 spiro atoms. The summed E-state index contributed by atoms with van der Waals surface area (Å²) in [5, 5.41) is 6.32. The Balaban J connectivity index is 1.65. The van der Waals surface area contributed by atoms with Crippen LogP contribution in [0.2, 0.25) is 5.02 Å². The van der Waals surface area contributed by atoms with E-state index in [4.69, 9.17) is 11.6 Å². The molecule has 0 aliphatic carbocycles. The van der Waals surface area contributed by atoms with Gasteiger partial charge in [-0.15, -0.1) is 0 Å². The highest BCUT2D eigenvalue weighted by atomic mass is 35.5. The highest BCUT2D eigenvalue weighted by Gasteiger charge is 2.32. The van der Waals surface area contributed by atoms with Gasteiger partial charge in [-0.25, -0.2) is 4.79 Å². The lowest BCUT2D eigenvalue weighted by Gasteiger charge is -2.36. The number of hydrogen-bond acceptors (Lipinski definition) is 3. The average molecular weight is 337 g/mol. The van der Waals surface area contributed by atoms with Crippen LogP contribution in [0.25, 0.3) is 0 Å². The van der Waals surface area contributed by atoms with Gasteiger partial charge in [-0.2, -0.15) is 0 Å². The van der Waals surface area contributed by atoms with E-state index in [0.29, 0.717) is 30.2 Å². The number of rotatable bonds is 3. The summed E-state index contributed by atoms with van der Waals surface area (Å²) >= 11 is 6.18. The Labute approximate surface area is 140 Å². The van der Waals surface area contributed by atoms with Crippen molar-refractivity contribution in [2.24, 2.45) is 0 Å². The number of nitrogens with zero attached hydrogens (tertiary/aromatic N) is 2.